The molecule has 0 unspecified atom stereocenters. The van der Waals surface area contributed by atoms with E-state index in [1.54, 1.807) is 0 Å². The topological polar surface area (TPSA) is 31.4 Å². The third kappa shape index (κ3) is 3.57. The number of nitrogens with one attached hydrogen (secondary N) is 1. The normalized spacial score (nSPS) is 15.7. The molecule has 130 valence electrons. The zero-order chi connectivity index (χ0) is 16.6. The van der Waals surface area contributed by atoms with Crippen molar-refractivity contribution < 1.29 is 0 Å². The molecule has 0 amide bonds. The molecule has 0 aliphatic carbocycles. The van der Waals surface area contributed by atoms with Crippen LogP contribution in [0.1, 0.15) is 32.3 Å². The maximum atomic E-state index is 4.99. The first-order valence-corrected chi connectivity index (χ1v) is 8.59. The van der Waals surface area contributed by atoms with Crippen molar-refractivity contribution in [2.24, 2.45) is 4.99 Å². The van der Waals surface area contributed by atoms with Gasteiger partial charge in [0.25, 0.3) is 0 Å². The number of hydrogen-bond donors (Lipinski definition) is 1. The molecule has 0 spiro atoms. The monoisotopic (exact) mass is 353 g/mol. The molecule has 25 heavy (non-hydrogen) atoms. The number of aliphatic imine (C=N–C) groups is 1. The Morgan fingerprint density at radius 1 is 1.04 bits per heavy atom. The highest BCUT2D eigenvalue weighted by Gasteiger charge is 2.28. The van der Waals surface area contributed by atoms with Crippen molar-refractivity contribution in [2.45, 2.75) is 38.8 Å². The Morgan fingerprint density at radius 2 is 1.76 bits per heavy atom. The fraction of sp³-hybridized carbons (Fsp3) is 0.286. The van der Waals surface area contributed by atoms with Gasteiger partial charge in [-0.3, -0.25) is 4.99 Å². The summed E-state index contributed by atoms with van der Waals surface area (Å²) < 4.78 is 0. The molecule has 0 bridgehead atoms. The van der Waals surface area contributed by atoms with Crippen LogP contribution in [0.15, 0.2) is 65.8 Å². The number of aromatic nitrogens is 1. The summed E-state index contributed by atoms with van der Waals surface area (Å²) in [6.07, 6.45) is 4.27. The summed E-state index contributed by atoms with van der Waals surface area (Å²) >= 11 is 0. The lowest BCUT2D eigenvalue weighted by molar-refractivity contribution is 0.522. The van der Waals surface area contributed by atoms with Gasteiger partial charge in [0.05, 0.1) is 12.1 Å². The molecule has 0 atom stereocenters. The third-order valence-electron chi connectivity index (χ3n) is 4.77. The van der Waals surface area contributed by atoms with Crippen LogP contribution >= 0.6 is 12.4 Å². The maximum Gasteiger partial charge on any atom is 0.104 e. The molecule has 3 nitrogen and oxygen atoms in total. The number of rotatable bonds is 3. The number of para-hydroxylation sites is 2. The second kappa shape index (κ2) is 6.93. The molecule has 2 heterocycles. The minimum Gasteiger partial charge on any atom is -0.361 e. The molecule has 1 aliphatic rings. The molecule has 1 aliphatic heterocycles. The molecule has 4 rings (SSSR count). The van der Waals surface area contributed by atoms with Crippen LogP contribution in [0.4, 0.5) is 5.69 Å². The summed E-state index contributed by atoms with van der Waals surface area (Å²) in [7, 11) is 0. The molecule has 2 aromatic carbocycles. The number of aromatic amines is 1. The predicted octanol–water partition coefficient (Wildman–Crippen LogP) is 5.57. The fourth-order valence-electron chi connectivity index (χ4n) is 3.45. The Kier molecular flexibility index (Phi) is 4.87. The minimum absolute atomic E-state index is 0. The molecule has 3 aromatic rings. The number of benzene rings is 2. The Bertz CT molecular complexity index is 880. The molecular weight excluding hydrogens is 330 g/mol. The molecule has 0 saturated carbocycles. The van der Waals surface area contributed by atoms with Gasteiger partial charge in [0, 0.05) is 29.2 Å². The van der Waals surface area contributed by atoms with Gasteiger partial charge in [-0.1, -0.05) is 36.4 Å². The smallest absolute Gasteiger partial charge is 0.104 e. The number of fused-ring (bicyclic) bond motifs is 1. The predicted molar refractivity (Wildman–Crippen MR) is 109 cm³/mol. The fourth-order valence-corrected chi connectivity index (χ4v) is 3.45. The largest absolute Gasteiger partial charge is 0.361 e. The summed E-state index contributed by atoms with van der Waals surface area (Å²) in [6.45, 7) is 5.27. The highest BCUT2D eigenvalue weighted by molar-refractivity contribution is 5.99. The molecular formula is C21H24ClN3. The second-order valence-corrected chi connectivity index (χ2v) is 7.12. The lowest BCUT2D eigenvalue weighted by Crippen LogP contribution is -2.29. The summed E-state index contributed by atoms with van der Waals surface area (Å²) in [5.74, 6) is 1.19. The van der Waals surface area contributed by atoms with E-state index in [4.69, 9.17) is 4.99 Å². The van der Waals surface area contributed by atoms with Crippen LogP contribution < -0.4 is 4.90 Å². The Labute approximate surface area is 155 Å². The van der Waals surface area contributed by atoms with E-state index in [-0.39, 0.29) is 17.9 Å². The number of anilines is 1. The number of nitrogens with zero attached hydrogens (tertiary/aromatic N) is 2. The van der Waals surface area contributed by atoms with E-state index in [0.717, 1.165) is 19.4 Å². The number of halogens is 1. The van der Waals surface area contributed by atoms with Crippen molar-refractivity contribution in [1.82, 2.24) is 4.98 Å². The number of H-pyrrole nitrogens is 1. The lowest BCUT2D eigenvalue weighted by Gasteiger charge is -2.25. The van der Waals surface area contributed by atoms with Crippen molar-refractivity contribution in [3.63, 3.8) is 0 Å². The van der Waals surface area contributed by atoms with Gasteiger partial charge in [-0.05, 0) is 44.0 Å². The van der Waals surface area contributed by atoms with E-state index in [9.17, 15) is 0 Å². The Morgan fingerprint density at radius 3 is 2.48 bits per heavy atom. The summed E-state index contributed by atoms with van der Waals surface area (Å²) in [4.78, 5) is 10.7. The van der Waals surface area contributed by atoms with Gasteiger partial charge in [-0.2, -0.15) is 0 Å². The summed E-state index contributed by atoms with van der Waals surface area (Å²) in [5.41, 5.74) is 3.75. The van der Waals surface area contributed by atoms with E-state index in [0.29, 0.717) is 0 Å². The van der Waals surface area contributed by atoms with Crippen molar-refractivity contribution in [3.8, 4) is 0 Å². The molecule has 1 N–H and O–H groups in total. The first-order valence-electron chi connectivity index (χ1n) is 8.59. The zero-order valence-corrected chi connectivity index (χ0v) is 15.5. The van der Waals surface area contributed by atoms with Gasteiger partial charge in [0.15, 0.2) is 0 Å². The van der Waals surface area contributed by atoms with E-state index < -0.39 is 0 Å². The standard InChI is InChI=1S/C21H23N3.ClH/c1-21(2)13-12-20(23-21)24(17-8-4-3-5-9-17)15-16-14-22-19-11-7-6-10-18(16)19;/h3-11,14,22H,12-13,15H2,1-2H3;1H. The van der Waals surface area contributed by atoms with Crippen LogP contribution in [0.25, 0.3) is 10.9 Å². The quantitative estimate of drug-likeness (QED) is 0.656. The SMILES string of the molecule is CC1(C)CCC(N(Cc2c[nH]c3ccccc23)c2ccccc2)=N1.Cl. The van der Waals surface area contributed by atoms with E-state index in [2.05, 4.69) is 84.5 Å². The summed E-state index contributed by atoms with van der Waals surface area (Å²) in [6, 6.07) is 19.1. The molecule has 0 radical (unpaired) electrons. The van der Waals surface area contributed by atoms with E-state index in [1.165, 1.54) is 28.0 Å². The van der Waals surface area contributed by atoms with Gasteiger partial charge < -0.3 is 9.88 Å². The average molecular weight is 354 g/mol. The second-order valence-electron chi connectivity index (χ2n) is 7.12. The van der Waals surface area contributed by atoms with Crippen LogP contribution in [0, 0.1) is 0 Å². The van der Waals surface area contributed by atoms with E-state index >= 15 is 0 Å². The Balaban J connectivity index is 0.00000182. The minimum atomic E-state index is 0. The molecule has 0 saturated heterocycles. The summed E-state index contributed by atoms with van der Waals surface area (Å²) in [5, 5.41) is 1.29. The molecule has 0 fully saturated rings. The van der Waals surface area contributed by atoms with Gasteiger partial charge >= 0.3 is 0 Å². The number of amidine groups is 1. The van der Waals surface area contributed by atoms with Crippen molar-refractivity contribution in [1.29, 1.82) is 0 Å². The third-order valence-corrected chi connectivity index (χ3v) is 4.77. The van der Waals surface area contributed by atoms with Gasteiger partial charge in [0.2, 0.25) is 0 Å². The van der Waals surface area contributed by atoms with Crippen LogP contribution in [-0.2, 0) is 6.54 Å². The number of hydrogen-bond acceptors (Lipinski definition) is 2. The van der Waals surface area contributed by atoms with Crippen molar-refractivity contribution >= 4 is 34.8 Å². The van der Waals surface area contributed by atoms with Crippen LogP contribution in [0.5, 0.6) is 0 Å². The van der Waals surface area contributed by atoms with Crippen molar-refractivity contribution in [2.75, 3.05) is 4.90 Å². The van der Waals surface area contributed by atoms with E-state index in [1.807, 2.05) is 0 Å². The maximum absolute atomic E-state index is 4.99. The first-order chi connectivity index (χ1) is 11.6. The Hall–Kier alpha value is -2.26. The lowest BCUT2D eigenvalue weighted by atomic mass is 10.0. The van der Waals surface area contributed by atoms with Gasteiger partial charge in [0.1, 0.15) is 5.84 Å². The van der Waals surface area contributed by atoms with Crippen molar-refractivity contribution in [3.05, 3.63) is 66.4 Å². The molecule has 1 aromatic heterocycles. The van der Waals surface area contributed by atoms with Crippen LogP contribution in [-0.4, -0.2) is 16.4 Å². The first kappa shape index (κ1) is 17.6. The van der Waals surface area contributed by atoms with Crippen LogP contribution in [0.3, 0.4) is 0 Å². The van der Waals surface area contributed by atoms with Gasteiger partial charge in [-0.15, -0.1) is 12.4 Å². The van der Waals surface area contributed by atoms with Crippen LogP contribution in [0.2, 0.25) is 0 Å². The zero-order valence-electron chi connectivity index (χ0n) is 14.7. The van der Waals surface area contributed by atoms with Gasteiger partial charge in [-0.25, -0.2) is 0 Å². The highest BCUT2D eigenvalue weighted by atomic mass is 35.5. The molecule has 4 heteroatoms. The average Bonchev–Trinajstić information content (AvgIpc) is 3.16. The highest BCUT2D eigenvalue weighted by Crippen LogP contribution is 2.30.